The first kappa shape index (κ1) is 21.1. The molecule has 0 spiro atoms. The van der Waals surface area contributed by atoms with Crippen molar-refractivity contribution in [3.8, 4) is 11.4 Å². The van der Waals surface area contributed by atoms with Gasteiger partial charge in [-0.25, -0.2) is 20.0 Å². The van der Waals surface area contributed by atoms with Crippen molar-refractivity contribution in [2.75, 3.05) is 24.4 Å². The summed E-state index contributed by atoms with van der Waals surface area (Å²) in [7, 11) is 3.67. The van der Waals surface area contributed by atoms with Gasteiger partial charge in [0.25, 0.3) is 5.91 Å². The zero-order valence-corrected chi connectivity index (χ0v) is 18.1. The third kappa shape index (κ3) is 4.60. The van der Waals surface area contributed by atoms with Gasteiger partial charge in [-0.2, -0.15) is 0 Å². The van der Waals surface area contributed by atoms with Crippen molar-refractivity contribution in [1.82, 2.24) is 24.9 Å². The lowest BCUT2D eigenvalue weighted by Crippen LogP contribution is -2.42. The number of hydrazine groups is 1. The number of carbonyl (C=O) groups is 1. The van der Waals surface area contributed by atoms with Gasteiger partial charge in [-0.15, -0.1) is 0 Å². The van der Waals surface area contributed by atoms with E-state index in [1.165, 1.54) is 0 Å². The summed E-state index contributed by atoms with van der Waals surface area (Å²) in [5, 5.41) is 6.65. The van der Waals surface area contributed by atoms with Gasteiger partial charge in [0.15, 0.2) is 0 Å². The number of hydrogen-bond acceptors (Lipinski definition) is 7. The molecule has 8 nitrogen and oxygen atoms in total. The van der Waals surface area contributed by atoms with Crippen molar-refractivity contribution in [2.45, 2.75) is 6.92 Å². The third-order valence-electron chi connectivity index (χ3n) is 4.81. The summed E-state index contributed by atoms with van der Waals surface area (Å²) >= 11 is 0. The van der Waals surface area contributed by atoms with Gasteiger partial charge in [0.05, 0.1) is 17.6 Å². The average Bonchev–Trinajstić information content (AvgIpc) is 2.82. The zero-order valence-electron chi connectivity index (χ0n) is 18.1. The quantitative estimate of drug-likeness (QED) is 0.465. The van der Waals surface area contributed by atoms with Gasteiger partial charge in [0, 0.05) is 43.9 Å². The maximum absolute atomic E-state index is 13.2. The van der Waals surface area contributed by atoms with Gasteiger partial charge in [-0.1, -0.05) is 24.3 Å². The molecule has 160 valence electrons. The number of anilines is 3. The van der Waals surface area contributed by atoms with Crippen molar-refractivity contribution < 1.29 is 4.79 Å². The molecule has 0 radical (unpaired) electrons. The number of aromatic nitrogens is 4. The summed E-state index contributed by atoms with van der Waals surface area (Å²) in [6.07, 6.45) is 6.56. The topological polar surface area (TPSA) is 87.1 Å². The third-order valence-corrected chi connectivity index (χ3v) is 4.81. The van der Waals surface area contributed by atoms with E-state index < -0.39 is 0 Å². The summed E-state index contributed by atoms with van der Waals surface area (Å²) < 4.78 is 0. The molecular formula is C24H23N7O. The highest BCUT2D eigenvalue weighted by Gasteiger charge is 2.20. The van der Waals surface area contributed by atoms with E-state index in [2.05, 4.69) is 25.3 Å². The van der Waals surface area contributed by atoms with Crippen LogP contribution >= 0.6 is 0 Å². The van der Waals surface area contributed by atoms with Crippen molar-refractivity contribution in [1.29, 1.82) is 0 Å². The molecule has 4 rings (SSSR count). The largest absolute Gasteiger partial charge is 0.324 e. The highest BCUT2D eigenvalue weighted by atomic mass is 16.2. The molecule has 2 heterocycles. The molecule has 0 fully saturated rings. The number of carbonyl (C=O) groups excluding carboxylic acids is 1. The second-order valence-electron chi connectivity index (χ2n) is 7.31. The standard InChI is InChI=1S/C24H23N7O/c1-17-9-10-19(31(30(2)3)23(32)18-7-5-4-6-8-18)15-21(17)29-24-27-12-11-20(28-24)22-16-25-13-14-26-22/h4-16H,1-3H3,(H,27,28,29). The van der Waals surface area contributed by atoms with Gasteiger partial charge in [0.2, 0.25) is 5.95 Å². The summed E-state index contributed by atoms with van der Waals surface area (Å²) in [6, 6.07) is 16.8. The van der Waals surface area contributed by atoms with E-state index in [0.29, 0.717) is 22.9 Å². The molecule has 0 unspecified atom stereocenters. The van der Waals surface area contributed by atoms with E-state index in [1.54, 1.807) is 53.0 Å². The van der Waals surface area contributed by atoms with Crippen LogP contribution in [-0.2, 0) is 0 Å². The molecule has 4 aromatic rings. The maximum atomic E-state index is 13.2. The number of nitrogens with zero attached hydrogens (tertiary/aromatic N) is 6. The van der Waals surface area contributed by atoms with E-state index in [-0.39, 0.29) is 5.91 Å². The summed E-state index contributed by atoms with van der Waals surface area (Å²) in [5.41, 5.74) is 4.45. The molecule has 0 aliphatic carbocycles. The minimum atomic E-state index is -0.119. The monoisotopic (exact) mass is 425 g/mol. The summed E-state index contributed by atoms with van der Waals surface area (Å²) in [6.45, 7) is 1.98. The van der Waals surface area contributed by atoms with Crippen LogP contribution in [0.25, 0.3) is 11.4 Å². The van der Waals surface area contributed by atoms with Crippen molar-refractivity contribution in [3.63, 3.8) is 0 Å². The molecule has 0 aliphatic rings. The smallest absolute Gasteiger partial charge is 0.272 e. The molecule has 2 aromatic heterocycles. The molecule has 2 aromatic carbocycles. The van der Waals surface area contributed by atoms with Crippen molar-refractivity contribution in [3.05, 3.63) is 90.5 Å². The van der Waals surface area contributed by atoms with Crippen molar-refractivity contribution >= 4 is 23.2 Å². The van der Waals surface area contributed by atoms with Crippen LogP contribution in [0.3, 0.4) is 0 Å². The van der Waals surface area contributed by atoms with Crippen LogP contribution in [-0.4, -0.2) is 44.9 Å². The molecule has 8 heteroatoms. The number of benzene rings is 2. The predicted molar refractivity (Wildman–Crippen MR) is 124 cm³/mol. The Kier molecular flexibility index (Phi) is 6.14. The molecule has 1 amide bonds. The lowest BCUT2D eigenvalue weighted by atomic mass is 10.1. The fourth-order valence-corrected chi connectivity index (χ4v) is 3.22. The Balaban J connectivity index is 1.65. The number of aryl methyl sites for hydroxylation is 1. The molecule has 0 aliphatic heterocycles. The molecule has 1 N–H and O–H groups in total. The highest BCUT2D eigenvalue weighted by molar-refractivity contribution is 6.05. The first-order chi connectivity index (χ1) is 15.5. The first-order valence-corrected chi connectivity index (χ1v) is 10.1. The second-order valence-corrected chi connectivity index (χ2v) is 7.31. The van der Waals surface area contributed by atoms with Gasteiger partial charge in [-0.3, -0.25) is 14.8 Å². The van der Waals surface area contributed by atoms with Crippen LogP contribution in [0.5, 0.6) is 0 Å². The van der Waals surface area contributed by atoms with Crippen LogP contribution in [0.15, 0.2) is 79.4 Å². The minimum Gasteiger partial charge on any atom is -0.324 e. The highest BCUT2D eigenvalue weighted by Crippen LogP contribution is 2.27. The van der Waals surface area contributed by atoms with E-state index in [4.69, 9.17) is 0 Å². The lowest BCUT2D eigenvalue weighted by Gasteiger charge is -2.29. The van der Waals surface area contributed by atoms with Crippen LogP contribution in [0.2, 0.25) is 0 Å². The fraction of sp³-hybridized carbons (Fsp3) is 0.125. The fourth-order valence-electron chi connectivity index (χ4n) is 3.22. The maximum Gasteiger partial charge on any atom is 0.272 e. The lowest BCUT2D eigenvalue weighted by molar-refractivity contribution is 0.0930. The van der Waals surface area contributed by atoms with Gasteiger partial charge in [0.1, 0.15) is 5.69 Å². The second kappa shape index (κ2) is 9.32. The Hall–Kier alpha value is -4.17. The van der Waals surface area contributed by atoms with E-state index >= 15 is 0 Å². The molecule has 0 atom stereocenters. The van der Waals surface area contributed by atoms with E-state index in [1.807, 2.05) is 57.4 Å². The number of nitrogens with one attached hydrogen (secondary N) is 1. The number of hydrogen-bond donors (Lipinski definition) is 1. The van der Waals surface area contributed by atoms with E-state index in [0.717, 1.165) is 16.9 Å². The van der Waals surface area contributed by atoms with Gasteiger partial charge < -0.3 is 5.32 Å². The minimum absolute atomic E-state index is 0.119. The Morgan fingerprint density at radius 3 is 2.44 bits per heavy atom. The van der Waals surface area contributed by atoms with E-state index in [9.17, 15) is 4.79 Å². The van der Waals surface area contributed by atoms with Gasteiger partial charge in [-0.05, 0) is 42.8 Å². The first-order valence-electron chi connectivity index (χ1n) is 10.1. The Labute approximate surface area is 186 Å². The van der Waals surface area contributed by atoms with Crippen molar-refractivity contribution in [2.24, 2.45) is 0 Å². The normalized spacial score (nSPS) is 10.8. The van der Waals surface area contributed by atoms with Gasteiger partial charge >= 0.3 is 0 Å². The molecule has 0 saturated heterocycles. The molecule has 0 saturated carbocycles. The number of amides is 1. The van der Waals surface area contributed by atoms with Crippen LogP contribution in [0.1, 0.15) is 15.9 Å². The molecule has 32 heavy (non-hydrogen) atoms. The molecular weight excluding hydrogens is 402 g/mol. The SMILES string of the molecule is Cc1ccc(N(C(=O)c2ccccc2)N(C)C)cc1Nc1nccc(-c2cnccn2)n1. The van der Waals surface area contributed by atoms with Crippen LogP contribution < -0.4 is 10.3 Å². The average molecular weight is 425 g/mol. The zero-order chi connectivity index (χ0) is 22.5. The van der Waals surface area contributed by atoms with Crippen LogP contribution in [0.4, 0.5) is 17.3 Å². The predicted octanol–water partition coefficient (Wildman–Crippen LogP) is 4.11. The summed E-state index contributed by atoms with van der Waals surface area (Å²) in [5.74, 6) is 0.311. The number of rotatable bonds is 6. The Morgan fingerprint density at radius 2 is 1.72 bits per heavy atom. The van der Waals surface area contributed by atoms with Crippen LogP contribution in [0, 0.1) is 6.92 Å². The molecule has 0 bridgehead atoms. The Morgan fingerprint density at radius 1 is 0.906 bits per heavy atom. The summed E-state index contributed by atoms with van der Waals surface area (Å²) in [4.78, 5) is 30.4. The Bertz CT molecular complexity index is 1210.